The number of rotatable bonds is 2. The lowest BCUT2D eigenvalue weighted by Gasteiger charge is -2.18. The number of carboxylic acid groups (broad SMARTS) is 1. The van der Waals surface area contributed by atoms with Gasteiger partial charge in [0, 0.05) is 0 Å². The average molecular weight is 157 g/mol. The van der Waals surface area contributed by atoms with Gasteiger partial charge in [-0.25, -0.2) is 0 Å². The highest BCUT2D eigenvalue weighted by atomic mass is 16.4. The van der Waals surface area contributed by atoms with Gasteiger partial charge >= 0.3 is 5.97 Å². The molecule has 1 saturated carbocycles. The Kier molecular flexibility index (Phi) is 1.85. The molecule has 0 radical (unpaired) electrons. The molecule has 1 rings (SSSR count). The quantitative estimate of drug-likeness (QED) is 0.558. The maximum absolute atomic E-state index is 10.8. The summed E-state index contributed by atoms with van der Waals surface area (Å²) in [7, 11) is 0. The lowest BCUT2D eigenvalue weighted by atomic mass is 9.86. The van der Waals surface area contributed by atoms with Gasteiger partial charge in [0.05, 0.1) is 0 Å². The van der Waals surface area contributed by atoms with E-state index in [9.17, 15) is 9.59 Å². The van der Waals surface area contributed by atoms with Crippen molar-refractivity contribution in [1.82, 2.24) is 0 Å². The number of carbonyl (C=O) groups excluding carboxylic acids is 1. The first-order valence-electron chi connectivity index (χ1n) is 3.63. The highest BCUT2D eigenvalue weighted by Crippen LogP contribution is 2.37. The molecule has 1 amide bonds. The van der Waals surface area contributed by atoms with Crippen molar-refractivity contribution in [3.05, 3.63) is 0 Å². The highest BCUT2D eigenvalue weighted by Gasteiger charge is 2.46. The van der Waals surface area contributed by atoms with E-state index in [0.717, 1.165) is 12.8 Å². The number of carbonyl (C=O) groups is 2. The zero-order valence-corrected chi connectivity index (χ0v) is 6.17. The summed E-state index contributed by atoms with van der Waals surface area (Å²) in [6.45, 7) is 0. The van der Waals surface area contributed by atoms with Crippen LogP contribution in [0.1, 0.15) is 25.7 Å². The first-order valence-corrected chi connectivity index (χ1v) is 3.63. The van der Waals surface area contributed by atoms with Gasteiger partial charge in [-0.1, -0.05) is 12.8 Å². The Labute approximate surface area is 64.4 Å². The van der Waals surface area contributed by atoms with E-state index >= 15 is 0 Å². The van der Waals surface area contributed by atoms with Gasteiger partial charge in [0.1, 0.15) is 5.41 Å². The van der Waals surface area contributed by atoms with Crippen LogP contribution in [-0.4, -0.2) is 17.0 Å². The zero-order valence-electron chi connectivity index (χ0n) is 6.17. The van der Waals surface area contributed by atoms with E-state index in [1.54, 1.807) is 0 Å². The fourth-order valence-corrected chi connectivity index (χ4v) is 1.54. The van der Waals surface area contributed by atoms with Crippen molar-refractivity contribution in [2.75, 3.05) is 0 Å². The van der Waals surface area contributed by atoms with Gasteiger partial charge < -0.3 is 10.8 Å². The third-order valence-electron chi connectivity index (χ3n) is 2.34. The molecule has 0 bridgehead atoms. The summed E-state index contributed by atoms with van der Waals surface area (Å²) in [5.74, 6) is -1.76. The minimum Gasteiger partial charge on any atom is -0.480 e. The van der Waals surface area contributed by atoms with Crippen LogP contribution in [-0.2, 0) is 9.59 Å². The molecular formula is C7H11NO3. The molecule has 4 nitrogen and oxygen atoms in total. The summed E-state index contributed by atoms with van der Waals surface area (Å²) in [5.41, 5.74) is 3.76. The van der Waals surface area contributed by atoms with Gasteiger partial charge in [-0.05, 0) is 12.8 Å². The number of nitrogens with two attached hydrogens (primary N) is 1. The number of carboxylic acids is 1. The van der Waals surface area contributed by atoms with Crippen LogP contribution in [0.25, 0.3) is 0 Å². The molecule has 0 saturated heterocycles. The van der Waals surface area contributed by atoms with Gasteiger partial charge in [0.2, 0.25) is 5.91 Å². The Morgan fingerprint density at radius 1 is 1.27 bits per heavy atom. The molecule has 0 atom stereocenters. The van der Waals surface area contributed by atoms with Crippen molar-refractivity contribution < 1.29 is 14.7 Å². The molecule has 1 fully saturated rings. The van der Waals surface area contributed by atoms with Gasteiger partial charge in [0.15, 0.2) is 0 Å². The Hall–Kier alpha value is -1.06. The second kappa shape index (κ2) is 2.53. The van der Waals surface area contributed by atoms with Crippen LogP contribution in [0.5, 0.6) is 0 Å². The van der Waals surface area contributed by atoms with Gasteiger partial charge in [0.25, 0.3) is 0 Å². The van der Waals surface area contributed by atoms with E-state index in [4.69, 9.17) is 10.8 Å². The lowest BCUT2D eigenvalue weighted by Crippen LogP contribution is -2.41. The Morgan fingerprint density at radius 2 is 1.73 bits per heavy atom. The van der Waals surface area contributed by atoms with Crippen LogP contribution >= 0.6 is 0 Å². The molecule has 0 aromatic heterocycles. The van der Waals surface area contributed by atoms with Crippen LogP contribution in [0.2, 0.25) is 0 Å². The molecule has 4 heteroatoms. The molecule has 11 heavy (non-hydrogen) atoms. The Bertz CT molecular complexity index is 178. The summed E-state index contributed by atoms with van der Waals surface area (Å²) in [6, 6.07) is 0. The molecule has 1 aliphatic rings. The number of hydrogen-bond donors (Lipinski definition) is 2. The van der Waals surface area contributed by atoms with Crippen molar-refractivity contribution in [2.45, 2.75) is 25.7 Å². The van der Waals surface area contributed by atoms with E-state index in [0.29, 0.717) is 12.8 Å². The molecule has 62 valence electrons. The van der Waals surface area contributed by atoms with E-state index in [1.165, 1.54) is 0 Å². The van der Waals surface area contributed by atoms with Crippen LogP contribution in [0.3, 0.4) is 0 Å². The lowest BCUT2D eigenvalue weighted by molar-refractivity contribution is -0.154. The van der Waals surface area contributed by atoms with Crippen LogP contribution < -0.4 is 5.73 Å². The fourth-order valence-electron chi connectivity index (χ4n) is 1.54. The predicted molar refractivity (Wildman–Crippen MR) is 37.7 cm³/mol. The molecule has 0 aromatic carbocycles. The first kappa shape index (κ1) is 8.04. The fraction of sp³-hybridized carbons (Fsp3) is 0.714. The molecule has 1 aliphatic carbocycles. The molecule has 3 N–H and O–H groups in total. The average Bonchev–Trinajstić information content (AvgIpc) is 2.34. The smallest absolute Gasteiger partial charge is 0.319 e. The van der Waals surface area contributed by atoms with E-state index < -0.39 is 17.3 Å². The van der Waals surface area contributed by atoms with Gasteiger partial charge in [-0.15, -0.1) is 0 Å². The highest BCUT2D eigenvalue weighted by molar-refractivity contribution is 6.01. The summed E-state index contributed by atoms with van der Waals surface area (Å²) in [5, 5.41) is 8.73. The SMILES string of the molecule is NC(=O)C1(C(=O)O)CCCC1. The van der Waals surface area contributed by atoms with Crippen molar-refractivity contribution in [3.63, 3.8) is 0 Å². The van der Waals surface area contributed by atoms with Crippen molar-refractivity contribution in [3.8, 4) is 0 Å². The number of hydrogen-bond acceptors (Lipinski definition) is 2. The first-order chi connectivity index (χ1) is 5.09. The minimum atomic E-state index is -1.25. The van der Waals surface area contributed by atoms with Gasteiger partial charge in [-0.3, -0.25) is 9.59 Å². The third-order valence-corrected chi connectivity index (χ3v) is 2.34. The van der Waals surface area contributed by atoms with Crippen molar-refractivity contribution >= 4 is 11.9 Å². The van der Waals surface area contributed by atoms with Crippen molar-refractivity contribution in [1.29, 1.82) is 0 Å². The largest absolute Gasteiger partial charge is 0.480 e. The Balaban J connectivity index is 2.87. The van der Waals surface area contributed by atoms with E-state index in [1.807, 2.05) is 0 Å². The molecule has 0 aromatic rings. The molecular weight excluding hydrogens is 146 g/mol. The number of amides is 1. The molecule has 0 spiro atoms. The van der Waals surface area contributed by atoms with Crippen LogP contribution in [0.4, 0.5) is 0 Å². The molecule has 0 heterocycles. The normalized spacial score (nSPS) is 21.5. The van der Waals surface area contributed by atoms with Gasteiger partial charge in [-0.2, -0.15) is 0 Å². The second-order valence-electron chi connectivity index (χ2n) is 2.96. The monoisotopic (exact) mass is 157 g/mol. The molecule has 0 unspecified atom stereocenters. The Morgan fingerprint density at radius 3 is 1.91 bits per heavy atom. The van der Waals surface area contributed by atoms with Crippen molar-refractivity contribution in [2.24, 2.45) is 11.1 Å². The number of aliphatic carboxylic acids is 1. The topological polar surface area (TPSA) is 80.4 Å². The minimum absolute atomic E-state index is 0.400. The van der Waals surface area contributed by atoms with E-state index in [2.05, 4.69) is 0 Å². The van der Waals surface area contributed by atoms with Crippen LogP contribution in [0, 0.1) is 5.41 Å². The summed E-state index contributed by atoms with van der Waals surface area (Å²) >= 11 is 0. The van der Waals surface area contributed by atoms with Crippen LogP contribution in [0.15, 0.2) is 0 Å². The maximum Gasteiger partial charge on any atom is 0.319 e. The zero-order chi connectivity index (χ0) is 8.48. The standard InChI is InChI=1S/C7H11NO3/c8-5(9)7(6(10)11)3-1-2-4-7/h1-4H2,(H2,8,9)(H,10,11). The summed E-state index contributed by atoms with van der Waals surface area (Å²) in [6.07, 6.45) is 2.37. The second-order valence-corrected chi connectivity index (χ2v) is 2.96. The molecule has 0 aliphatic heterocycles. The third kappa shape index (κ3) is 1.08. The maximum atomic E-state index is 10.8. The summed E-state index contributed by atoms with van der Waals surface area (Å²) < 4.78 is 0. The van der Waals surface area contributed by atoms with E-state index in [-0.39, 0.29) is 0 Å². The number of primary amides is 1. The predicted octanol–water partition coefficient (Wildman–Crippen LogP) is 0.117. The summed E-state index contributed by atoms with van der Waals surface area (Å²) in [4.78, 5) is 21.5.